The molecule has 1 saturated carbocycles. The lowest BCUT2D eigenvalue weighted by Gasteiger charge is -2.25. The molecule has 0 amide bonds. The first kappa shape index (κ1) is 12.6. The van der Waals surface area contributed by atoms with E-state index in [4.69, 9.17) is 4.74 Å². The number of nitro groups is 1. The van der Waals surface area contributed by atoms with E-state index in [1.165, 1.54) is 19.2 Å². The van der Waals surface area contributed by atoms with E-state index in [2.05, 4.69) is 17.2 Å². The van der Waals surface area contributed by atoms with Gasteiger partial charge in [0.2, 0.25) is 11.7 Å². The number of methoxy groups -OCH3 is 1. The molecule has 2 rings (SSSR count). The van der Waals surface area contributed by atoms with Crippen molar-refractivity contribution < 1.29 is 9.66 Å². The van der Waals surface area contributed by atoms with E-state index in [0.29, 0.717) is 11.7 Å². The zero-order valence-electron chi connectivity index (χ0n) is 10.6. The molecule has 0 unspecified atom stereocenters. The van der Waals surface area contributed by atoms with E-state index in [0.717, 1.165) is 25.7 Å². The van der Waals surface area contributed by atoms with Crippen molar-refractivity contribution in [2.24, 2.45) is 0 Å². The van der Waals surface area contributed by atoms with Gasteiger partial charge in [0.15, 0.2) is 0 Å². The third-order valence-corrected chi connectivity index (χ3v) is 3.38. The van der Waals surface area contributed by atoms with Crippen molar-refractivity contribution in [3.05, 3.63) is 22.2 Å². The first-order valence-corrected chi connectivity index (χ1v) is 6.02. The van der Waals surface area contributed by atoms with Crippen LogP contribution in [0, 0.1) is 10.1 Å². The molecule has 18 heavy (non-hydrogen) atoms. The van der Waals surface area contributed by atoms with E-state index < -0.39 is 4.92 Å². The number of rotatable bonds is 4. The predicted molar refractivity (Wildman–Crippen MR) is 67.9 cm³/mol. The van der Waals surface area contributed by atoms with Crippen LogP contribution in [-0.2, 0) is 0 Å². The van der Waals surface area contributed by atoms with Crippen molar-refractivity contribution in [3.8, 4) is 5.88 Å². The van der Waals surface area contributed by atoms with Gasteiger partial charge in [-0.15, -0.1) is 0 Å². The molecule has 6 heteroatoms. The van der Waals surface area contributed by atoms with Gasteiger partial charge in [-0.1, -0.05) is 12.8 Å². The number of nitrogens with one attached hydrogen (secondary N) is 1. The Morgan fingerprint density at radius 1 is 1.44 bits per heavy atom. The van der Waals surface area contributed by atoms with Crippen LogP contribution in [0.1, 0.15) is 32.6 Å². The Balaban J connectivity index is 2.31. The Hall–Kier alpha value is -1.85. The number of anilines is 1. The molecule has 0 saturated heterocycles. The third-order valence-electron chi connectivity index (χ3n) is 3.38. The first-order chi connectivity index (χ1) is 8.54. The van der Waals surface area contributed by atoms with Gasteiger partial charge in [0, 0.05) is 17.7 Å². The molecule has 6 nitrogen and oxygen atoms in total. The summed E-state index contributed by atoms with van der Waals surface area (Å²) in [7, 11) is 1.50. The van der Waals surface area contributed by atoms with Crippen LogP contribution in [0.4, 0.5) is 11.5 Å². The molecule has 1 aromatic rings. The first-order valence-electron chi connectivity index (χ1n) is 6.02. The molecule has 1 fully saturated rings. The summed E-state index contributed by atoms with van der Waals surface area (Å²) in [6, 6.07) is 2.92. The predicted octanol–water partition coefficient (Wildman–Crippen LogP) is 2.74. The average Bonchev–Trinajstić information content (AvgIpc) is 2.75. The summed E-state index contributed by atoms with van der Waals surface area (Å²) in [5.74, 6) is 0.674. The maximum absolute atomic E-state index is 11.0. The normalized spacial score (nSPS) is 17.4. The summed E-state index contributed by atoms with van der Waals surface area (Å²) >= 11 is 0. The molecule has 0 radical (unpaired) electrons. The number of nitrogens with zero attached hydrogens (tertiary/aromatic N) is 2. The van der Waals surface area contributed by atoms with E-state index in [-0.39, 0.29) is 11.2 Å². The molecule has 1 aliphatic carbocycles. The summed E-state index contributed by atoms with van der Waals surface area (Å²) in [6.07, 6.45) is 4.29. The molecular weight excluding hydrogens is 234 g/mol. The Morgan fingerprint density at radius 3 is 2.67 bits per heavy atom. The number of aromatic nitrogens is 1. The van der Waals surface area contributed by atoms with Gasteiger partial charge in [-0.05, 0) is 19.8 Å². The monoisotopic (exact) mass is 251 g/mol. The number of hydrogen-bond donors (Lipinski definition) is 1. The summed E-state index contributed by atoms with van der Waals surface area (Å²) in [4.78, 5) is 14.7. The molecule has 1 heterocycles. The van der Waals surface area contributed by atoms with E-state index >= 15 is 0 Å². The second-order valence-electron chi connectivity index (χ2n) is 4.87. The largest absolute Gasteiger partial charge is 0.481 e. The molecule has 0 atom stereocenters. The molecule has 0 spiro atoms. The van der Waals surface area contributed by atoms with Gasteiger partial charge in [-0.3, -0.25) is 10.1 Å². The maximum Gasteiger partial charge on any atom is 0.311 e. The SMILES string of the molecule is COc1ccc([N+](=O)[O-])c(NC2(C)CCCC2)n1. The zero-order chi connectivity index (χ0) is 13.2. The van der Waals surface area contributed by atoms with Gasteiger partial charge < -0.3 is 10.1 Å². The van der Waals surface area contributed by atoms with E-state index in [9.17, 15) is 10.1 Å². The van der Waals surface area contributed by atoms with Gasteiger partial charge in [0.1, 0.15) is 0 Å². The lowest BCUT2D eigenvalue weighted by atomic mass is 10.0. The maximum atomic E-state index is 11.0. The highest BCUT2D eigenvalue weighted by atomic mass is 16.6. The van der Waals surface area contributed by atoms with Gasteiger partial charge in [0.05, 0.1) is 12.0 Å². The van der Waals surface area contributed by atoms with Gasteiger partial charge in [-0.2, -0.15) is 4.98 Å². The van der Waals surface area contributed by atoms with Crippen molar-refractivity contribution in [3.63, 3.8) is 0 Å². The molecule has 1 aliphatic rings. The van der Waals surface area contributed by atoms with Crippen LogP contribution in [0.5, 0.6) is 5.88 Å². The summed E-state index contributed by atoms with van der Waals surface area (Å²) < 4.78 is 5.01. The minimum Gasteiger partial charge on any atom is -0.481 e. The molecule has 1 aromatic heterocycles. The lowest BCUT2D eigenvalue weighted by Crippen LogP contribution is -2.31. The Labute approximate surface area is 106 Å². The fourth-order valence-electron chi connectivity index (χ4n) is 2.35. The average molecular weight is 251 g/mol. The molecule has 98 valence electrons. The van der Waals surface area contributed by atoms with Crippen LogP contribution in [0.2, 0.25) is 0 Å². The van der Waals surface area contributed by atoms with Crippen LogP contribution < -0.4 is 10.1 Å². The van der Waals surface area contributed by atoms with Gasteiger partial charge in [-0.25, -0.2) is 0 Å². The van der Waals surface area contributed by atoms with Crippen molar-refractivity contribution >= 4 is 11.5 Å². The molecular formula is C12H17N3O3. The van der Waals surface area contributed by atoms with E-state index in [1.54, 1.807) is 0 Å². The van der Waals surface area contributed by atoms with Crippen LogP contribution in [-0.4, -0.2) is 22.6 Å². The summed E-state index contributed by atoms with van der Waals surface area (Å²) in [5.41, 5.74) is -0.117. The second-order valence-corrected chi connectivity index (χ2v) is 4.87. The Bertz CT molecular complexity index is 456. The van der Waals surface area contributed by atoms with Crippen LogP contribution in [0.15, 0.2) is 12.1 Å². The zero-order valence-corrected chi connectivity index (χ0v) is 10.6. The minimum absolute atomic E-state index is 0.0103. The van der Waals surface area contributed by atoms with Crippen molar-refractivity contribution in [1.82, 2.24) is 4.98 Å². The number of ether oxygens (including phenoxy) is 1. The summed E-state index contributed by atoms with van der Waals surface area (Å²) in [5, 5.41) is 14.2. The number of pyridine rings is 1. The topological polar surface area (TPSA) is 77.3 Å². The van der Waals surface area contributed by atoms with Gasteiger partial charge >= 0.3 is 5.69 Å². The van der Waals surface area contributed by atoms with E-state index in [1.807, 2.05) is 0 Å². The van der Waals surface area contributed by atoms with Crippen molar-refractivity contribution in [2.75, 3.05) is 12.4 Å². The number of hydrogen-bond acceptors (Lipinski definition) is 5. The summed E-state index contributed by atoms with van der Waals surface area (Å²) in [6.45, 7) is 2.07. The molecule has 0 bridgehead atoms. The minimum atomic E-state index is -0.424. The fourth-order valence-corrected chi connectivity index (χ4v) is 2.35. The highest BCUT2D eigenvalue weighted by Gasteiger charge is 2.31. The van der Waals surface area contributed by atoms with Gasteiger partial charge in [0.25, 0.3) is 0 Å². The van der Waals surface area contributed by atoms with Crippen molar-refractivity contribution in [1.29, 1.82) is 0 Å². The quantitative estimate of drug-likeness (QED) is 0.657. The Kier molecular flexibility index (Phi) is 3.36. The molecule has 0 aliphatic heterocycles. The molecule has 0 aromatic carbocycles. The van der Waals surface area contributed by atoms with Crippen LogP contribution in [0.25, 0.3) is 0 Å². The third kappa shape index (κ3) is 2.52. The lowest BCUT2D eigenvalue weighted by molar-refractivity contribution is -0.384. The fraction of sp³-hybridized carbons (Fsp3) is 0.583. The molecule has 1 N–H and O–H groups in total. The highest BCUT2D eigenvalue weighted by Crippen LogP contribution is 2.35. The van der Waals surface area contributed by atoms with Crippen molar-refractivity contribution in [2.45, 2.75) is 38.1 Å². The van der Waals surface area contributed by atoms with Crippen LogP contribution in [0.3, 0.4) is 0 Å². The highest BCUT2D eigenvalue weighted by molar-refractivity contribution is 5.58. The second kappa shape index (κ2) is 4.80. The van der Waals surface area contributed by atoms with Crippen LogP contribution >= 0.6 is 0 Å². The Morgan fingerprint density at radius 2 is 2.11 bits per heavy atom. The standard InChI is InChI=1S/C12H17N3O3/c1-12(7-3-4-8-12)14-11-9(15(16)17)5-6-10(13-11)18-2/h5-6H,3-4,7-8H2,1-2H3,(H,13,14). The smallest absolute Gasteiger partial charge is 0.311 e.